The Morgan fingerprint density at radius 3 is 2.55 bits per heavy atom. The summed E-state index contributed by atoms with van der Waals surface area (Å²) in [6.45, 7) is 2.56. The minimum atomic E-state index is -0.330. The van der Waals surface area contributed by atoms with Gasteiger partial charge in [0.25, 0.3) is 0 Å². The normalized spacial score (nSPS) is 11.0. The quantitative estimate of drug-likeness (QED) is 0.224. The van der Waals surface area contributed by atoms with Crippen molar-refractivity contribution in [3.8, 4) is 16.2 Å². The lowest BCUT2D eigenvalue weighted by Crippen LogP contribution is -2.03. The van der Waals surface area contributed by atoms with Crippen molar-refractivity contribution in [2.75, 3.05) is 11.9 Å². The first-order chi connectivity index (χ1) is 14.1. The second-order valence-corrected chi connectivity index (χ2v) is 8.52. The van der Waals surface area contributed by atoms with E-state index < -0.39 is 0 Å². The Bertz CT molecular complexity index is 1180. The predicted molar refractivity (Wildman–Crippen MR) is 121 cm³/mol. The molecule has 0 aliphatic rings. The van der Waals surface area contributed by atoms with Gasteiger partial charge in [0.15, 0.2) is 5.78 Å². The molecule has 0 atom stereocenters. The van der Waals surface area contributed by atoms with E-state index in [1.807, 2.05) is 25.1 Å². The highest BCUT2D eigenvalue weighted by molar-refractivity contribution is 9.09. The third kappa shape index (κ3) is 3.98. The van der Waals surface area contributed by atoms with Crippen LogP contribution in [0.4, 0.5) is 4.39 Å². The fourth-order valence-electron chi connectivity index (χ4n) is 3.27. The van der Waals surface area contributed by atoms with E-state index in [0.717, 1.165) is 21.0 Å². The number of aryl methyl sites for hydroxylation is 1. The molecule has 2 nitrogen and oxygen atoms in total. The minimum absolute atomic E-state index is 0.120. The Morgan fingerprint density at radius 1 is 1.07 bits per heavy atom. The van der Waals surface area contributed by atoms with Crippen molar-refractivity contribution in [1.29, 1.82) is 0 Å². The molecule has 0 saturated carbocycles. The van der Waals surface area contributed by atoms with Crippen molar-refractivity contribution in [3.63, 3.8) is 0 Å². The van der Waals surface area contributed by atoms with Gasteiger partial charge >= 0.3 is 0 Å². The fourth-order valence-corrected chi connectivity index (χ4v) is 4.75. The first-order valence-electron chi connectivity index (χ1n) is 9.20. The van der Waals surface area contributed by atoms with Crippen molar-refractivity contribution in [1.82, 2.24) is 0 Å². The van der Waals surface area contributed by atoms with Gasteiger partial charge in [0.2, 0.25) is 0 Å². The average Bonchev–Trinajstić information content (AvgIpc) is 3.10. The molecule has 0 radical (unpaired) electrons. The predicted octanol–water partition coefficient (Wildman–Crippen LogP) is 7.02. The van der Waals surface area contributed by atoms with E-state index in [-0.39, 0.29) is 11.6 Å². The molecule has 0 N–H and O–H groups in total. The van der Waals surface area contributed by atoms with E-state index in [2.05, 4.69) is 15.9 Å². The topological polar surface area (TPSA) is 26.3 Å². The number of carbonyl (C=O) groups is 1. The average molecular weight is 469 g/mol. The maximum Gasteiger partial charge on any atom is 0.195 e. The molecule has 0 spiro atoms. The molecular weight excluding hydrogens is 451 g/mol. The zero-order valence-electron chi connectivity index (χ0n) is 15.7. The number of ketones is 1. The highest BCUT2D eigenvalue weighted by Gasteiger charge is 2.23. The fraction of sp³-hybridized carbons (Fsp3) is 0.125. The molecule has 1 heterocycles. The first kappa shape index (κ1) is 19.8. The van der Waals surface area contributed by atoms with Crippen LogP contribution >= 0.6 is 27.3 Å². The third-order valence-electron chi connectivity index (χ3n) is 4.65. The number of hydrogen-bond acceptors (Lipinski definition) is 3. The molecule has 0 saturated heterocycles. The summed E-state index contributed by atoms with van der Waals surface area (Å²) in [7, 11) is 0. The van der Waals surface area contributed by atoms with Crippen molar-refractivity contribution < 1.29 is 13.9 Å². The van der Waals surface area contributed by atoms with Crippen molar-refractivity contribution >= 4 is 43.1 Å². The zero-order valence-corrected chi connectivity index (χ0v) is 18.1. The summed E-state index contributed by atoms with van der Waals surface area (Å²) in [6, 6.07) is 19.7. The van der Waals surface area contributed by atoms with Crippen LogP contribution in [0.3, 0.4) is 0 Å². The number of rotatable bonds is 6. The summed E-state index contributed by atoms with van der Waals surface area (Å²) < 4.78 is 21.1. The maximum absolute atomic E-state index is 14.6. The second-order valence-electron chi connectivity index (χ2n) is 6.68. The molecule has 0 amide bonds. The van der Waals surface area contributed by atoms with Crippen molar-refractivity contribution in [2.45, 2.75) is 6.92 Å². The van der Waals surface area contributed by atoms with Crippen LogP contribution in [0.5, 0.6) is 5.75 Å². The molecule has 0 aliphatic heterocycles. The second kappa shape index (κ2) is 8.47. The number of hydrogen-bond donors (Lipinski definition) is 0. The minimum Gasteiger partial charge on any atom is -0.493 e. The lowest BCUT2D eigenvalue weighted by Gasteiger charge is -2.08. The van der Waals surface area contributed by atoms with Crippen LogP contribution in [0, 0.1) is 12.7 Å². The summed E-state index contributed by atoms with van der Waals surface area (Å²) in [5, 5.41) is 1.59. The van der Waals surface area contributed by atoms with Gasteiger partial charge in [0.1, 0.15) is 11.6 Å². The number of thiophene rings is 1. The summed E-state index contributed by atoms with van der Waals surface area (Å²) in [5.74, 6) is 0.259. The van der Waals surface area contributed by atoms with E-state index in [1.165, 1.54) is 17.4 Å². The number of ether oxygens (including phenoxy) is 1. The maximum atomic E-state index is 14.6. The Kier molecular flexibility index (Phi) is 5.79. The molecule has 0 bridgehead atoms. The van der Waals surface area contributed by atoms with E-state index >= 15 is 0 Å². The SMILES string of the molecule is Cc1ccc2c(C(=O)c3ccc(OCCBr)cc3)c(-c3ccccc3F)sc2c1. The Balaban J connectivity index is 1.84. The van der Waals surface area contributed by atoms with Gasteiger partial charge in [0.05, 0.1) is 6.61 Å². The van der Waals surface area contributed by atoms with Gasteiger partial charge in [-0.25, -0.2) is 4.39 Å². The molecule has 146 valence electrons. The molecular formula is C24H18BrFO2S. The Hall–Kier alpha value is -2.50. The molecule has 1 aromatic heterocycles. The summed E-state index contributed by atoms with van der Waals surface area (Å²) >= 11 is 4.78. The van der Waals surface area contributed by atoms with E-state index in [9.17, 15) is 9.18 Å². The smallest absolute Gasteiger partial charge is 0.195 e. The molecule has 0 aliphatic carbocycles. The van der Waals surface area contributed by atoms with Crippen LogP contribution in [0.15, 0.2) is 66.7 Å². The molecule has 4 aromatic rings. The molecule has 29 heavy (non-hydrogen) atoms. The van der Waals surface area contributed by atoms with Gasteiger partial charge in [0, 0.05) is 37.0 Å². The lowest BCUT2D eigenvalue weighted by molar-refractivity contribution is 0.104. The Morgan fingerprint density at radius 2 is 1.83 bits per heavy atom. The van der Waals surface area contributed by atoms with Gasteiger partial charge in [-0.15, -0.1) is 11.3 Å². The molecule has 0 unspecified atom stereocenters. The standard InChI is InChI=1S/C24H18BrFO2S/c1-15-6-11-19-21(14-15)29-24(18-4-2-3-5-20(18)26)22(19)23(27)16-7-9-17(10-8-16)28-13-12-25/h2-11,14H,12-13H2,1H3. The van der Waals surface area contributed by atoms with Crippen molar-refractivity contribution in [2.24, 2.45) is 0 Å². The largest absolute Gasteiger partial charge is 0.493 e. The number of alkyl halides is 1. The number of fused-ring (bicyclic) bond motifs is 1. The highest BCUT2D eigenvalue weighted by atomic mass is 79.9. The first-order valence-corrected chi connectivity index (χ1v) is 11.1. The Labute approximate surface area is 181 Å². The monoisotopic (exact) mass is 468 g/mol. The van der Waals surface area contributed by atoms with Gasteiger partial charge in [-0.3, -0.25) is 4.79 Å². The van der Waals surface area contributed by atoms with Crippen LogP contribution in [0.2, 0.25) is 0 Å². The van der Waals surface area contributed by atoms with Gasteiger partial charge in [-0.1, -0.05) is 46.3 Å². The van der Waals surface area contributed by atoms with E-state index in [4.69, 9.17) is 4.74 Å². The number of carbonyl (C=O) groups excluding carboxylic acids is 1. The van der Waals surface area contributed by atoms with Gasteiger partial charge in [-0.2, -0.15) is 0 Å². The van der Waals surface area contributed by atoms with Crippen LogP contribution in [0.25, 0.3) is 20.5 Å². The number of halogens is 2. The van der Waals surface area contributed by atoms with Crippen LogP contribution in [-0.2, 0) is 0 Å². The van der Waals surface area contributed by atoms with Gasteiger partial charge in [-0.05, 0) is 48.9 Å². The number of benzene rings is 3. The van der Waals surface area contributed by atoms with Crippen LogP contribution in [-0.4, -0.2) is 17.7 Å². The van der Waals surface area contributed by atoms with E-state index in [0.29, 0.717) is 33.9 Å². The summed E-state index contributed by atoms with van der Waals surface area (Å²) in [6.07, 6.45) is 0. The summed E-state index contributed by atoms with van der Waals surface area (Å²) in [5.41, 5.74) is 2.65. The zero-order chi connectivity index (χ0) is 20.4. The van der Waals surface area contributed by atoms with Gasteiger partial charge < -0.3 is 4.74 Å². The van der Waals surface area contributed by atoms with Crippen LogP contribution < -0.4 is 4.74 Å². The molecule has 5 heteroatoms. The summed E-state index contributed by atoms with van der Waals surface area (Å²) in [4.78, 5) is 14.1. The van der Waals surface area contributed by atoms with Crippen molar-refractivity contribution in [3.05, 3.63) is 89.2 Å². The third-order valence-corrected chi connectivity index (χ3v) is 6.16. The molecule has 0 fully saturated rings. The van der Waals surface area contributed by atoms with Crippen LogP contribution in [0.1, 0.15) is 21.5 Å². The van der Waals surface area contributed by atoms with E-state index in [1.54, 1.807) is 42.5 Å². The molecule has 3 aromatic carbocycles. The highest BCUT2D eigenvalue weighted by Crippen LogP contribution is 2.41. The molecule has 4 rings (SSSR count). The lowest BCUT2D eigenvalue weighted by atomic mass is 9.97.